The van der Waals surface area contributed by atoms with Gasteiger partial charge >= 0.3 is 6.18 Å². The minimum Gasteiger partial charge on any atom is -0.484 e. The molecule has 0 amide bonds. The molecule has 22 heavy (non-hydrogen) atoms. The Morgan fingerprint density at radius 1 is 1.27 bits per heavy atom. The molecule has 0 unspecified atom stereocenters. The lowest BCUT2D eigenvalue weighted by atomic mass is 10.1. The van der Waals surface area contributed by atoms with Crippen molar-refractivity contribution in [3.05, 3.63) is 36.2 Å². The number of aryl methyl sites for hydroxylation is 1. The van der Waals surface area contributed by atoms with Crippen LogP contribution >= 0.6 is 12.4 Å². The molecule has 4 nitrogen and oxygen atoms in total. The third-order valence-electron chi connectivity index (χ3n) is 2.90. The van der Waals surface area contributed by atoms with Crippen molar-refractivity contribution in [2.75, 3.05) is 13.2 Å². The molecule has 2 rings (SSSR count). The Hall–Kier alpha value is -1.73. The Kier molecular flexibility index (Phi) is 6.25. The van der Waals surface area contributed by atoms with E-state index in [2.05, 4.69) is 5.10 Å². The Morgan fingerprint density at radius 3 is 2.64 bits per heavy atom. The third-order valence-corrected chi connectivity index (χ3v) is 2.90. The summed E-state index contributed by atoms with van der Waals surface area (Å²) >= 11 is 0. The summed E-state index contributed by atoms with van der Waals surface area (Å²) in [5.74, 6) is 0.219. The number of hydrogen-bond donors (Lipinski definition) is 1. The first kappa shape index (κ1) is 18.3. The van der Waals surface area contributed by atoms with E-state index in [9.17, 15) is 13.2 Å². The molecule has 2 aromatic rings. The van der Waals surface area contributed by atoms with Gasteiger partial charge in [-0.25, -0.2) is 0 Å². The van der Waals surface area contributed by atoms with Crippen LogP contribution in [0.25, 0.3) is 11.1 Å². The summed E-state index contributed by atoms with van der Waals surface area (Å²) in [6, 6.07) is 5.13. The first-order valence-electron chi connectivity index (χ1n) is 6.42. The van der Waals surface area contributed by atoms with E-state index >= 15 is 0 Å². The Morgan fingerprint density at radius 2 is 2.00 bits per heavy atom. The first-order valence-corrected chi connectivity index (χ1v) is 6.42. The van der Waals surface area contributed by atoms with E-state index in [1.165, 1.54) is 0 Å². The molecule has 8 heteroatoms. The summed E-state index contributed by atoms with van der Waals surface area (Å²) in [7, 11) is 0. The van der Waals surface area contributed by atoms with Crippen LogP contribution in [0, 0.1) is 6.92 Å². The summed E-state index contributed by atoms with van der Waals surface area (Å²) < 4.78 is 43.2. The normalized spacial score (nSPS) is 11.1. The number of nitrogens with zero attached hydrogens (tertiary/aromatic N) is 2. The van der Waals surface area contributed by atoms with Gasteiger partial charge in [-0.15, -0.1) is 12.4 Å². The second-order valence-corrected chi connectivity index (χ2v) is 4.66. The summed E-state index contributed by atoms with van der Waals surface area (Å²) in [6.45, 7) is 1.45. The van der Waals surface area contributed by atoms with Gasteiger partial charge < -0.3 is 10.5 Å². The van der Waals surface area contributed by atoms with Crippen molar-refractivity contribution in [3.63, 3.8) is 0 Å². The van der Waals surface area contributed by atoms with Crippen LogP contribution in [-0.4, -0.2) is 29.1 Å². The highest BCUT2D eigenvalue weighted by Gasteiger charge is 2.28. The highest BCUT2D eigenvalue weighted by atomic mass is 35.5. The Labute approximate surface area is 132 Å². The number of nitrogens with two attached hydrogens (primary N) is 1. The van der Waals surface area contributed by atoms with Gasteiger partial charge in [0.1, 0.15) is 5.75 Å². The molecule has 0 saturated heterocycles. The Balaban J connectivity index is 0.00000242. The molecule has 0 fully saturated rings. The van der Waals surface area contributed by atoms with Gasteiger partial charge in [0, 0.05) is 18.3 Å². The van der Waals surface area contributed by atoms with E-state index in [0.717, 1.165) is 11.1 Å². The number of aromatic nitrogens is 2. The monoisotopic (exact) mass is 335 g/mol. The molecule has 0 radical (unpaired) electrons. The quantitative estimate of drug-likeness (QED) is 0.913. The number of ether oxygens (including phenoxy) is 1. The maximum absolute atomic E-state index is 12.2. The van der Waals surface area contributed by atoms with E-state index in [4.69, 9.17) is 10.5 Å². The van der Waals surface area contributed by atoms with Crippen LogP contribution in [0.5, 0.6) is 5.75 Å². The van der Waals surface area contributed by atoms with E-state index in [1.807, 2.05) is 6.07 Å². The van der Waals surface area contributed by atoms with E-state index < -0.39 is 12.8 Å². The molecule has 122 valence electrons. The third kappa shape index (κ3) is 4.92. The van der Waals surface area contributed by atoms with Crippen LogP contribution in [-0.2, 0) is 6.54 Å². The lowest BCUT2D eigenvalue weighted by molar-refractivity contribution is -0.153. The number of alkyl halides is 3. The van der Waals surface area contributed by atoms with Crippen LogP contribution < -0.4 is 10.5 Å². The highest BCUT2D eigenvalue weighted by molar-refractivity contribution is 5.85. The van der Waals surface area contributed by atoms with Crippen molar-refractivity contribution in [2.45, 2.75) is 19.6 Å². The number of rotatable bonds is 5. The summed E-state index contributed by atoms with van der Waals surface area (Å²) in [6.07, 6.45) is -0.909. The Bertz CT molecular complexity index is 614. The first-order chi connectivity index (χ1) is 9.89. The van der Waals surface area contributed by atoms with Gasteiger partial charge in [-0.3, -0.25) is 4.68 Å². The minimum absolute atomic E-state index is 0. The van der Waals surface area contributed by atoms with Crippen molar-refractivity contribution in [2.24, 2.45) is 5.73 Å². The summed E-state index contributed by atoms with van der Waals surface area (Å²) in [5.41, 5.74) is 7.65. The van der Waals surface area contributed by atoms with Gasteiger partial charge in [-0.05, 0) is 24.1 Å². The zero-order valence-electron chi connectivity index (χ0n) is 11.9. The van der Waals surface area contributed by atoms with Crippen molar-refractivity contribution in [3.8, 4) is 16.9 Å². The lowest BCUT2D eigenvalue weighted by Gasteiger charge is -2.12. The number of halogens is 4. The molecule has 0 saturated carbocycles. The standard InChI is InChI=1S/C14H16F3N3O.ClH/c1-10-2-3-11(6-13(10)21-9-14(15,16)17)12-7-19-20(8-12)5-4-18;/h2-3,6-8H,4-5,9,18H2,1H3;1H. The van der Waals surface area contributed by atoms with Crippen molar-refractivity contribution in [1.29, 1.82) is 0 Å². The molecule has 0 aliphatic heterocycles. The van der Waals surface area contributed by atoms with E-state index in [1.54, 1.807) is 36.1 Å². The maximum atomic E-state index is 12.2. The van der Waals surface area contributed by atoms with Gasteiger partial charge in [0.25, 0.3) is 0 Å². The predicted molar refractivity (Wildman–Crippen MR) is 80.3 cm³/mol. The molecular formula is C14H17ClF3N3O. The van der Waals surface area contributed by atoms with Gasteiger partial charge in [-0.2, -0.15) is 18.3 Å². The summed E-state index contributed by atoms with van der Waals surface area (Å²) in [4.78, 5) is 0. The molecule has 1 heterocycles. The van der Waals surface area contributed by atoms with Gasteiger partial charge in [-0.1, -0.05) is 12.1 Å². The van der Waals surface area contributed by atoms with Crippen molar-refractivity contribution in [1.82, 2.24) is 9.78 Å². The molecule has 0 bridgehead atoms. The molecule has 1 aromatic carbocycles. The number of hydrogen-bond acceptors (Lipinski definition) is 3. The average molecular weight is 336 g/mol. The summed E-state index contributed by atoms with van der Waals surface area (Å²) in [5, 5.41) is 4.14. The molecule has 0 aliphatic carbocycles. The predicted octanol–water partition coefficient (Wildman–Crippen LogP) is 3.18. The molecule has 0 aliphatic rings. The van der Waals surface area contributed by atoms with Gasteiger partial charge in [0.15, 0.2) is 6.61 Å². The molecule has 0 atom stereocenters. The zero-order valence-corrected chi connectivity index (χ0v) is 12.7. The fourth-order valence-electron chi connectivity index (χ4n) is 1.86. The van der Waals surface area contributed by atoms with Crippen molar-refractivity contribution >= 4 is 12.4 Å². The molecular weight excluding hydrogens is 319 g/mol. The van der Waals surface area contributed by atoms with Crippen LogP contribution in [0.3, 0.4) is 0 Å². The minimum atomic E-state index is -4.35. The topological polar surface area (TPSA) is 53.1 Å². The highest BCUT2D eigenvalue weighted by Crippen LogP contribution is 2.28. The van der Waals surface area contributed by atoms with E-state index in [-0.39, 0.29) is 18.2 Å². The SMILES string of the molecule is Cc1ccc(-c2cnn(CCN)c2)cc1OCC(F)(F)F.Cl. The smallest absolute Gasteiger partial charge is 0.422 e. The molecule has 2 N–H and O–H groups in total. The van der Waals surface area contributed by atoms with Gasteiger partial charge in [0.05, 0.1) is 12.7 Å². The van der Waals surface area contributed by atoms with Crippen LogP contribution in [0.15, 0.2) is 30.6 Å². The largest absolute Gasteiger partial charge is 0.484 e. The molecule has 1 aromatic heterocycles. The number of benzene rings is 1. The second-order valence-electron chi connectivity index (χ2n) is 4.66. The van der Waals surface area contributed by atoms with E-state index in [0.29, 0.717) is 18.7 Å². The lowest BCUT2D eigenvalue weighted by Crippen LogP contribution is -2.19. The fourth-order valence-corrected chi connectivity index (χ4v) is 1.86. The average Bonchev–Trinajstić information content (AvgIpc) is 2.86. The maximum Gasteiger partial charge on any atom is 0.422 e. The van der Waals surface area contributed by atoms with Crippen LogP contribution in [0.1, 0.15) is 5.56 Å². The van der Waals surface area contributed by atoms with Crippen LogP contribution in [0.4, 0.5) is 13.2 Å². The van der Waals surface area contributed by atoms with Crippen molar-refractivity contribution < 1.29 is 17.9 Å². The molecule has 0 spiro atoms. The van der Waals surface area contributed by atoms with Gasteiger partial charge in [0.2, 0.25) is 0 Å². The second kappa shape index (κ2) is 7.51. The van der Waals surface area contributed by atoms with Crippen LogP contribution in [0.2, 0.25) is 0 Å². The zero-order chi connectivity index (χ0) is 15.5. The fraction of sp³-hybridized carbons (Fsp3) is 0.357.